The second-order valence-electron chi connectivity index (χ2n) is 7.23. The summed E-state index contributed by atoms with van der Waals surface area (Å²) in [4.78, 5) is 82.1. The number of aliphatic carboxylic acids is 2. The van der Waals surface area contributed by atoms with Crippen molar-refractivity contribution in [1.29, 1.82) is 0 Å². The topological polar surface area (TPSA) is 291 Å². The number of nitrogen functional groups attached to an aromatic ring is 1. The molecule has 0 aliphatic heterocycles. The normalized spacial score (nSPS) is 11.6. The van der Waals surface area contributed by atoms with Crippen LogP contribution in [0.2, 0.25) is 0 Å². The van der Waals surface area contributed by atoms with E-state index in [2.05, 4.69) is 30.6 Å². The summed E-state index contributed by atoms with van der Waals surface area (Å²) < 4.78 is 8.88. The maximum absolute atomic E-state index is 12.3. The van der Waals surface area contributed by atoms with E-state index in [-0.39, 0.29) is 42.1 Å². The SMILES string of the molecule is Nc1nc2ncc(CNc3ccc(C(=O)NC(CCC(=O)O)C(=O)O)cc3)nc2c(=O)[nH]1.O=P(O)(O)O. The summed E-state index contributed by atoms with van der Waals surface area (Å²) in [5, 5.41) is 23.2. The molecule has 0 aliphatic carbocycles. The van der Waals surface area contributed by atoms with Gasteiger partial charge in [-0.15, -0.1) is 0 Å². The minimum atomic E-state index is -4.64. The highest BCUT2D eigenvalue weighted by Crippen LogP contribution is 2.25. The fourth-order valence-electron chi connectivity index (χ4n) is 2.75. The van der Waals surface area contributed by atoms with E-state index >= 15 is 0 Å². The van der Waals surface area contributed by atoms with Crippen LogP contribution in [0.4, 0.5) is 11.6 Å². The van der Waals surface area contributed by atoms with Crippen LogP contribution in [0.1, 0.15) is 28.9 Å². The summed E-state index contributed by atoms with van der Waals surface area (Å²) in [6.45, 7) is 0.231. The predicted molar refractivity (Wildman–Crippen MR) is 126 cm³/mol. The molecule has 10 N–H and O–H groups in total. The van der Waals surface area contributed by atoms with Crippen LogP contribution in [0.5, 0.6) is 0 Å². The maximum Gasteiger partial charge on any atom is 0.466 e. The first-order valence-corrected chi connectivity index (χ1v) is 11.7. The third kappa shape index (κ3) is 9.98. The third-order valence-corrected chi connectivity index (χ3v) is 4.36. The monoisotopic (exact) mass is 539 g/mol. The zero-order valence-electron chi connectivity index (χ0n) is 18.7. The summed E-state index contributed by atoms with van der Waals surface area (Å²) in [6.07, 6.45) is 0.840. The standard InChI is InChI=1S/C19H19N7O6.H3O4P/c20-19-25-15-14(17(30)26-19)23-11(8-22-15)7-21-10-3-1-9(2-4-10)16(29)24-12(18(31)32)5-6-13(27)28;1-5(2,3)4/h1-4,8,12,21H,5-7H2,(H,24,29)(H,27,28)(H,31,32)(H3,20,22,25,26,30);(H3,1,2,3,4). The number of rotatable bonds is 9. The lowest BCUT2D eigenvalue weighted by Gasteiger charge is -2.14. The average molecular weight is 539 g/mol. The Kier molecular flexibility index (Phi) is 9.73. The van der Waals surface area contributed by atoms with Crippen LogP contribution in [0.15, 0.2) is 35.3 Å². The van der Waals surface area contributed by atoms with Gasteiger partial charge in [0.25, 0.3) is 11.5 Å². The Balaban J connectivity index is 0.000000877. The molecule has 0 aliphatic rings. The molecule has 2 aromatic heterocycles. The van der Waals surface area contributed by atoms with Gasteiger partial charge in [-0.1, -0.05) is 0 Å². The molecule has 18 heteroatoms. The molecule has 2 heterocycles. The van der Waals surface area contributed by atoms with Gasteiger partial charge in [0.1, 0.15) is 6.04 Å². The number of carbonyl (C=O) groups excluding carboxylic acids is 1. The van der Waals surface area contributed by atoms with E-state index < -0.39 is 37.3 Å². The number of hydrogen-bond acceptors (Lipinski definition) is 10. The lowest BCUT2D eigenvalue weighted by molar-refractivity contribution is -0.140. The average Bonchev–Trinajstić information content (AvgIpc) is 2.79. The number of carboxylic acid groups (broad SMARTS) is 2. The van der Waals surface area contributed by atoms with Crippen molar-refractivity contribution < 1.29 is 43.8 Å². The largest absolute Gasteiger partial charge is 0.481 e. The number of nitrogens with one attached hydrogen (secondary N) is 3. The number of carboxylic acids is 2. The van der Waals surface area contributed by atoms with Gasteiger partial charge in [-0.2, -0.15) is 4.98 Å². The first-order chi connectivity index (χ1) is 17.2. The summed E-state index contributed by atoms with van der Waals surface area (Å²) in [5.41, 5.74) is 6.47. The van der Waals surface area contributed by atoms with Gasteiger partial charge in [0.2, 0.25) is 5.95 Å². The van der Waals surface area contributed by atoms with Crippen LogP contribution in [0.25, 0.3) is 11.2 Å². The molecule has 198 valence electrons. The molecule has 0 saturated carbocycles. The number of nitrogens with two attached hydrogens (primary N) is 1. The minimum Gasteiger partial charge on any atom is -0.481 e. The van der Waals surface area contributed by atoms with E-state index in [1.807, 2.05) is 0 Å². The Labute approximate surface area is 206 Å². The van der Waals surface area contributed by atoms with E-state index in [1.54, 1.807) is 12.1 Å². The molecule has 1 unspecified atom stereocenters. The van der Waals surface area contributed by atoms with Gasteiger partial charge in [-0.05, 0) is 30.7 Å². The lowest BCUT2D eigenvalue weighted by Crippen LogP contribution is -2.41. The maximum atomic E-state index is 12.3. The zero-order chi connectivity index (χ0) is 27.8. The fraction of sp³-hybridized carbons (Fsp3) is 0.211. The summed E-state index contributed by atoms with van der Waals surface area (Å²) >= 11 is 0. The molecule has 0 saturated heterocycles. The second kappa shape index (κ2) is 12.5. The number of amides is 1. The van der Waals surface area contributed by atoms with Gasteiger partial charge in [0.15, 0.2) is 11.2 Å². The van der Waals surface area contributed by atoms with Crippen molar-refractivity contribution in [1.82, 2.24) is 25.3 Å². The number of phosphoric acid groups is 1. The molecule has 3 rings (SSSR count). The quantitative estimate of drug-likeness (QED) is 0.148. The van der Waals surface area contributed by atoms with Crippen molar-refractivity contribution in [2.45, 2.75) is 25.4 Å². The summed E-state index contributed by atoms with van der Waals surface area (Å²) in [7, 11) is -4.64. The van der Waals surface area contributed by atoms with E-state index in [0.29, 0.717) is 11.4 Å². The van der Waals surface area contributed by atoms with Gasteiger partial charge in [-0.25, -0.2) is 19.3 Å². The van der Waals surface area contributed by atoms with E-state index in [4.69, 9.17) is 35.2 Å². The first kappa shape index (κ1) is 28.8. The van der Waals surface area contributed by atoms with Crippen molar-refractivity contribution in [2.75, 3.05) is 11.1 Å². The van der Waals surface area contributed by atoms with Gasteiger partial charge in [0.05, 0.1) is 18.4 Å². The van der Waals surface area contributed by atoms with Crippen molar-refractivity contribution in [3.8, 4) is 0 Å². The molecular formula is C19H22N7O10P. The van der Waals surface area contributed by atoms with Gasteiger partial charge in [-0.3, -0.25) is 19.4 Å². The summed E-state index contributed by atoms with van der Waals surface area (Å²) in [6, 6.07) is 4.86. The van der Waals surface area contributed by atoms with Gasteiger partial charge in [0, 0.05) is 17.7 Å². The molecule has 0 bridgehead atoms. The summed E-state index contributed by atoms with van der Waals surface area (Å²) in [5.74, 6) is -3.16. The van der Waals surface area contributed by atoms with E-state index in [0.717, 1.165) is 0 Å². The van der Waals surface area contributed by atoms with Crippen molar-refractivity contribution in [3.63, 3.8) is 0 Å². The van der Waals surface area contributed by atoms with Crippen molar-refractivity contribution >= 4 is 48.5 Å². The molecule has 1 atom stereocenters. The molecule has 1 amide bonds. The molecule has 1 aromatic carbocycles. The first-order valence-electron chi connectivity index (χ1n) is 10.1. The number of fused-ring (bicyclic) bond motifs is 1. The number of hydrogen-bond donors (Lipinski definition) is 9. The Hall–Kier alpha value is -4.44. The van der Waals surface area contributed by atoms with Gasteiger partial charge < -0.3 is 41.3 Å². The predicted octanol–water partition coefficient (Wildman–Crippen LogP) is -0.973. The highest BCUT2D eigenvalue weighted by molar-refractivity contribution is 7.45. The fourth-order valence-corrected chi connectivity index (χ4v) is 2.75. The molecule has 0 radical (unpaired) electrons. The van der Waals surface area contributed by atoms with Gasteiger partial charge >= 0.3 is 19.8 Å². The molecule has 37 heavy (non-hydrogen) atoms. The number of carbonyl (C=O) groups is 3. The number of anilines is 2. The molecule has 0 fully saturated rings. The Bertz CT molecular complexity index is 1380. The van der Waals surface area contributed by atoms with Crippen LogP contribution >= 0.6 is 7.82 Å². The lowest BCUT2D eigenvalue weighted by atomic mass is 10.1. The number of aromatic nitrogens is 4. The minimum absolute atomic E-state index is 0.0524. The van der Waals surface area contributed by atoms with Crippen LogP contribution < -0.4 is 21.9 Å². The zero-order valence-corrected chi connectivity index (χ0v) is 19.6. The molecule has 0 spiro atoms. The van der Waals surface area contributed by atoms with E-state index in [9.17, 15) is 19.2 Å². The highest BCUT2D eigenvalue weighted by atomic mass is 31.2. The van der Waals surface area contributed by atoms with Crippen LogP contribution in [0.3, 0.4) is 0 Å². The molecule has 3 aromatic rings. The van der Waals surface area contributed by atoms with Crippen LogP contribution in [-0.4, -0.2) is 68.7 Å². The number of benzene rings is 1. The number of H-pyrrole nitrogens is 1. The third-order valence-electron chi connectivity index (χ3n) is 4.36. The number of aromatic amines is 1. The Morgan fingerprint density at radius 1 is 1.08 bits per heavy atom. The van der Waals surface area contributed by atoms with E-state index in [1.165, 1.54) is 18.3 Å². The smallest absolute Gasteiger partial charge is 0.466 e. The molecular weight excluding hydrogens is 517 g/mol. The van der Waals surface area contributed by atoms with Crippen LogP contribution in [0, 0.1) is 0 Å². The Morgan fingerprint density at radius 2 is 1.70 bits per heavy atom. The highest BCUT2D eigenvalue weighted by Gasteiger charge is 2.21. The van der Waals surface area contributed by atoms with Crippen molar-refractivity contribution in [3.05, 3.63) is 52.1 Å². The van der Waals surface area contributed by atoms with Crippen molar-refractivity contribution in [2.24, 2.45) is 0 Å². The molecule has 17 nitrogen and oxygen atoms in total. The number of nitrogens with zero attached hydrogens (tertiary/aromatic N) is 3. The van der Waals surface area contributed by atoms with Crippen LogP contribution in [-0.2, 0) is 20.7 Å². The Morgan fingerprint density at radius 3 is 2.27 bits per heavy atom. The second-order valence-corrected chi connectivity index (χ2v) is 8.25.